The van der Waals surface area contributed by atoms with E-state index in [1.54, 1.807) is 18.2 Å². The first kappa shape index (κ1) is 34.5. The van der Waals surface area contributed by atoms with Gasteiger partial charge >= 0.3 is 0 Å². The van der Waals surface area contributed by atoms with Gasteiger partial charge in [-0.15, -0.1) is 0 Å². The van der Waals surface area contributed by atoms with Crippen molar-refractivity contribution >= 4 is 0 Å². The van der Waals surface area contributed by atoms with Crippen LogP contribution in [0.4, 0.5) is 0 Å². The summed E-state index contributed by atoms with van der Waals surface area (Å²) in [5.74, 6) is 0.931. The molecule has 2 saturated heterocycles. The number of aliphatic hydroxyl groups is 8. The molecule has 0 aliphatic carbocycles. The zero-order valence-corrected chi connectivity index (χ0v) is 25.5. The maximum absolute atomic E-state index is 10.7. The van der Waals surface area contributed by atoms with E-state index in [9.17, 15) is 40.9 Å². The summed E-state index contributed by atoms with van der Waals surface area (Å²) in [4.78, 5) is 0. The lowest BCUT2D eigenvalue weighted by atomic mass is 9.90. The van der Waals surface area contributed by atoms with Gasteiger partial charge in [-0.05, 0) is 42.2 Å². The fourth-order valence-electron chi connectivity index (χ4n) is 5.89. The number of rotatable bonds is 13. The Hall–Kier alpha value is -2.80. The molecule has 15 nitrogen and oxygen atoms in total. The third-order valence-corrected chi connectivity index (χ3v) is 8.63. The van der Waals surface area contributed by atoms with Crippen LogP contribution in [0.2, 0.25) is 0 Å². The summed E-state index contributed by atoms with van der Waals surface area (Å²) in [7, 11) is 2.94. The highest BCUT2D eigenvalue weighted by atomic mass is 16.7. The summed E-state index contributed by atoms with van der Waals surface area (Å²) in [5.41, 5.74) is 0.437. The Morgan fingerprint density at radius 3 is 2.30 bits per heavy atom. The van der Waals surface area contributed by atoms with E-state index in [1.165, 1.54) is 14.2 Å². The molecular weight excluding hydrogens is 612 g/mol. The van der Waals surface area contributed by atoms with Crippen LogP contribution < -0.4 is 18.9 Å². The third-order valence-electron chi connectivity index (χ3n) is 8.63. The first-order chi connectivity index (χ1) is 22.1. The van der Waals surface area contributed by atoms with Crippen LogP contribution in [0.15, 0.2) is 30.3 Å². The van der Waals surface area contributed by atoms with E-state index in [0.717, 1.165) is 11.1 Å². The quantitative estimate of drug-likeness (QED) is 0.123. The van der Waals surface area contributed by atoms with Gasteiger partial charge in [0.15, 0.2) is 29.3 Å². The molecule has 2 aromatic rings. The average Bonchev–Trinajstić information content (AvgIpc) is 3.59. The maximum Gasteiger partial charge on any atom is 0.229 e. The highest BCUT2D eigenvalue weighted by molar-refractivity contribution is 5.56. The Morgan fingerprint density at radius 1 is 0.891 bits per heavy atom. The minimum atomic E-state index is -1.92. The van der Waals surface area contributed by atoms with E-state index >= 15 is 0 Å². The molecule has 256 valence electrons. The molecule has 0 spiro atoms. The van der Waals surface area contributed by atoms with Crippen molar-refractivity contribution in [1.82, 2.24) is 0 Å². The second kappa shape index (κ2) is 14.5. The Bertz CT molecular complexity index is 1330. The smallest absolute Gasteiger partial charge is 0.229 e. The lowest BCUT2D eigenvalue weighted by Gasteiger charge is -2.40. The largest absolute Gasteiger partial charge is 0.493 e. The number of methoxy groups -OCH3 is 2. The van der Waals surface area contributed by atoms with Gasteiger partial charge in [-0.1, -0.05) is 12.1 Å². The van der Waals surface area contributed by atoms with Crippen molar-refractivity contribution in [2.45, 2.75) is 73.6 Å². The van der Waals surface area contributed by atoms with Crippen molar-refractivity contribution in [2.75, 3.05) is 47.3 Å². The molecule has 46 heavy (non-hydrogen) atoms. The molecule has 0 unspecified atom stereocenters. The molecule has 0 aromatic heterocycles. The molecule has 3 heterocycles. The number of hydrogen-bond donors (Lipinski definition) is 8. The molecule has 0 amide bonds. The second-order valence-electron chi connectivity index (χ2n) is 11.6. The Morgan fingerprint density at radius 2 is 1.65 bits per heavy atom. The predicted octanol–water partition coefficient (Wildman–Crippen LogP) is -1.52. The number of aliphatic hydroxyl groups excluding tert-OH is 7. The molecule has 10 atom stereocenters. The zero-order valence-electron chi connectivity index (χ0n) is 25.5. The van der Waals surface area contributed by atoms with Gasteiger partial charge in [-0.3, -0.25) is 0 Å². The minimum Gasteiger partial charge on any atom is -0.493 e. The monoisotopic (exact) mass is 654 g/mol. The zero-order chi connectivity index (χ0) is 33.2. The number of fused-ring (bicyclic) bond motifs is 1. The maximum atomic E-state index is 10.7. The van der Waals surface area contributed by atoms with Crippen LogP contribution in [0.5, 0.6) is 23.0 Å². The van der Waals surface area contributed by atoms with Crippen molar-refractivity contribution in [3.8, 4) is 23.0 Å². The average molecular weight is 655 g/mol. The number of ether oxygens (including phenoxy) is 7. The van der Waals surface area contributed by atoms with E-state index in [2.05, 4.69) is 0 Å². The van der Waals surface area contributed by atoms with Gasteiger partial charge in [0, 0.05) is 12.2 Å². The van der Waals surface area contributed by atoms with Gasteiger partial charge in [0.05, 0.1) is 46.6 Å². The Kier molecular flexibility index (Phi) is 10.9. The first-order valence-corrected chi connectivity index (χ1v) is 15.0. The highest BCUT2D eigenvalue weighted by Crippen LogP contribution is 2.51. The summed E-state index contributed by atoms with van der Waals surface area (Å²) < 4.78 is 39.7. The summed E-state index contributed by atoms with van der Waals surface area (Å²) in [6.07, 6.45) is -10.1. The van der Waals surface area contributed by atoms with Crippen molar-refractivity contribution < 1.29 is 74.0 Å². The van der Waals surface area contributed by atoms with Crippen molar-refractivity contribution in [3.05, 3.63) is 47.0 Å². The lowest BCUT2D eigenvalue weighted by Crippen LogP contribution is -2.60. The van der Waals surface area contributed by atoms with Crippen molar-refractivity contribution in [1.29, 1.82) is 0 Å². The fraction of sp³-hybridized carbons (Fsp3) is 0.613. The van der Waals surface area contributed by atoms with Crippen molar-refractivity contribution in [2.24, 2.45) is 0 Å². The molecule has 15 heteroatoms. The van der Waals surface area contributed by atoms with Crippen LogP contribution in [0, 0.1) is 0 Å². The minimum absolute atomic E-state index is 0.0449. The summed E-state index contributed by atoms with van der Waals surface area (Å²) >= 11 is 0. The molecule has 2 aromatic carbocycles. The molecule has 8 N–H and O–H groups in total. The first-order valence-electron chi connectivity index (χ1n) is 15.0. The molecule has 0 radical (unpaired) electrons. The van der Waals surface area contributed by atoms with E-state index in [1.807, 2.05) is 12.1 Å². The van der Waals surface area contributed by atoms with Gasteiger partial charge in [0.2, 0.25) is 6.29 Å². The molecule has 3 aliphatic rings. The van der Waals surface area contributed by atoms with Crippen LogP contribution >= 0.6 is 0 Å². The van der Waals surface area contributed by atoms with E-state index in [4.69, 9.17) is 33.2 Å². The second-order valence-corrected chi connectivity index (χ2v) is 11.6. The normalized spacial score (nSPS) is 33.8. The van der Waals surface area contributed by atoms with E-state index < -0.39 is 73.9 Å². The number of hydrogen-bond acceptors (Lipinski definition) is 15. The van der Waals surface area contributed by atoms with Gasteiger partial charge in [-0.2, -0.15) is 0 Å². The number of benzene rings is 2. The highest BCUT2D eigenvalue weighted by Gasteiger charge is 2.50. The Labute approximate surface area is 265 Å². The van der Waals surface area contributed by atoms with Gasteiger partial charge in [-0.25, -0.2) is 0 Å². The molecule has 5 rings (SSSR count). The van der Waals surface area contributed by atoms with Crippen LogP contribution in [0.3, 0.4) is 0 Å². The van der Waals surface area contributed by atoms with Crippen LogP contribution in [-0.4, -0.2) is 137 Å². The summed E-state index contributed by atoms with van der Waals surface area (Å²) in [6, 6.07) is 8.68. The van der Waals surface area contributed by atoms with Gasteiger partial charge in [0.1, 0.15) is 42.2 Å². The third kappa shape index (κ3) is 6.63. The standard InChI is InChI=1S/C31H42O15/c1-40-20-10-16(26-18(11-33)17-8-15(4-3-7-32)9-21(41-2)27(17)46-26)5-6-19(20)44-29-25(37)24(36)23(35)22(45-29)12-42-30-28(38)31(39,13-34)14-43-30/h5-6,8-10,18,22-26,28-30,32-39H,3-4,7,11-14H2,1-2H3/t18-,22-,23-,24+,25-,26+,28+,29-,30-,31+/m1/s1. The fourth-order valence-corrected chi connectivity index (χ4v) is 5.89. The SMILES string of the molecule is COc1cc([C@@H]2Oc3c(OC)cc(CCCO)cc3[C@H]2CO)ccc1O[C@@H]1O[C@H](CO[C@@H]2OC[C@@](O)(CO)[C@H]2O)[C@@H](O)[C@H](O)[C@H]1O. The van der Waals surface area contributed by atoms with Crippen molar-refractivity contribution in [3.63, 3.8) is 0 Å². The lowest BCUT2D eigenvalue weighted by molar-refractivity contribution is -0.289. The van der Waals surface area contributed by atoms with Gasteiger partial charge in [0.25, 0.3) is 0 Å². The Balaban J connectivity index is 1.31. The van der Waals surface area contributed by atoms with Crippen LogP contribution in [-0.2, 0) is 20.6 Å². The molecule has 2 fully saturated rings. The molecule has 3 aliphatic heterocycles. The topological polar surface area (TPSA) is 226 Å². The summed E-state index contributed by atoms with van der Waals surface area (Å²) in [5, 5.41) is 81.1. The molecular formula is C31H42O15. The van der Waals surface area contributed by atoms with Crippen LogP contribution in [0.25, 0.3) is 0 Å². The van der Waals surface area contributed by atoms with E-state index in [0.29, 0.717) is 29.9 Å². The van der Waals surface area contributed by atoms with E-state index in [-0.39, 0.29) is 31.3 Å². The molecule has 0 bridgehead atoms. The van der Waals surface area contributed by atoms with Crippen LogP contribution in [0.1, 0.15) is 35.1 Å². The number of aryl methyl sites for hydroxylation is 1. The molecule has 0 saturated carbocycles. The van der Waals surface area contributed by atoms with Gasteiger partial charge < -0.3 is 74.0 Å². The summed E-state index contributed by atoms with van der Waals surface area (Å²) in [6.45, 7) is -1.76. The predicted molar refractivity (Wildman–Crippen MR) is 156 cm³/mol.